The molecule has 0 amide bonds. The number of anilines is 1. The summed E-state index contributed by atoms with van der Waals surface area (Å²) in [5, 5.41) is 0.332. The van der Waals surface area contributed by atoms with Gasteiger partial charge in [-0.25, -0.2) is 4.98 Å². The largest absolute Gasteiger partial charge is 0.373 e. The van der Waals surface area contributed by atoms with E-state index in [9.17, 15) is 8.42 Å². The Kier molecular flexibility index (Phi) is 4.53. The van der Waals surface area contributed by atoms with E-state index in [1.807, 2.05) is 13.8 Å². The summed E-state index contributed by atoms with van der Waals surface area (Å²) in [5.41, 5.74) is 0.969. The van der Waals surface area contributed by atoms with Crippen LogP contribution >= 0.6 is 11.6 Å². The van der Waals surface area contributed by atoms with Crippen LogP contribution < -0.4 is 4.72 Å². The third-order valence-corrected chi connectivity index (χ3v) is 4.68. The van der Waals surface area contributed by atoms with Crippen LogP contribution in [0.3, 0.4) is 0 Å². The van der Waals surface area contributed by atoms with Crippen molar-refractivity contribution in [2.75, 3.05) is 17.8 Å². The standard InChI is InChI=1S/C12H18ClN3O3S/c1-8-6-16(7-9(2)19-8)20(17,18)15-11-4-5-12(13)14-10(11)3/h4-5,8-9,15H,6-7H2,1-3H3. The number of morpholine rings is 1. The second-order valence-electron chi connectivity index (χ2n) is 4.95. The number of aryl methyl sites for hydroxylation is 1. The molecule has 2 atom stereocenters. The van der Waals surface area contributed by atoms with E-state index in [0.29, 0.717) is 29.6 Å². The Hall–Kier alpha value is -0.890. The molecule has 0 spiro atoms. The first-order valence-electron chi connectivity index (χ1n) is 6.34. The Morgan fingerprint density at radius 2 is 1.95 bits per heavy atom. The van der Waals surface area contributed by atoms with Crippen LogP contribution in [0.4, 0.5) is 5.69 Å². The van der Waals surface area contributed by atoms with E-state index in [4.69, 9.17) is 16.3 Å². The lowest BCUT2D eigenvalue weighted by molar-refractivity contribution is -0.0439. The van der Waals surface area contributed by atoms with Crippen molar-refractivity contribution in [2.24, 2.45) is 0 Å². The van der Waals surface area contributed by atoms with Gasteiger partial charge >= 0.3 is 10.2 Å². The number of aromatic nitrogens is 1. The van der Waals surface area contributed by atoms with Crippen LogP contribution in [0.15, 0.2) is 12.1 Å². The van der Waals surface area contributed by atoms with Gasteiger partial charge in [0.1, 0.15) is 5.15 Å². The highest BCUT2D eigenvalue weighted by Crippen LogP contribution is 2.20. The molecule has 1 saturated heterocycles. The van der Waals surface area contributed by atoms with Gasteiger partial charge in [0.05, 0.1) is 23.6 Å². The average molecular weight is 320 g/mol. The molecule has 1 N–H and O–H groups in total. The summed E-state index contributed by atoms with van der Waals surface area (Å²) in [4.78, 5) is 4.03. The zero-order chi connectivity index (χ0) is 14.9. The average Bonchev–Trinajstić information content (AvgIpc) is 2.31. The molecule has 2 heterocycles. The van der Waals surface area contributed by atoms with E-state index in [1.165, 1.54) is 4.31 Å². The Morgan fingerprint density at radius 1 is 1.35 bits per heavy atom. The predicted octanol–water partition coefficient (Wildman–Crippen LogP) is 1.81. The fourth-order valence-electron chi connectivity index (χ4n) is 2.17. The van der Waals surface area contributed by atoms with E-state index in [1.54, 1.807) is 19.1 Å². The van der Waals surface area contributed by atoms with E-state index < -0.39 is 10.2 Å². The highest BCUT2D eigenvalue weighted by atomic mass is 35.5. The van der Waals surface area contributed by atoms with Gasteiger partial charge in [-0.3, -0.25) is 4.72 Å². The van der Waals surface area contributed by atoms with Gasteiger partial charge in [-0.1, -0.05) is 11.6 Å². The van der Waals surface area contributed by atoms with Crippen LogP contribution in [0.2, 0.25) is 5.15 Å². The second kappa shape index (κ2) is 5.85. The summed E-state index contributed by atoms with van der Waals surface area (Å²) in [6.07, 6.45) is -0.250. The SMILES string of the molecule is Cc1nc(Cl)ccc1NS(=O)(=O)N1CC(C)OC(C)C1. The van der Waals surface area contributed by atoms with Crippen LogP contribution in [0.1, 0.15) is 19.5 Å². The van der Waals surface area contributed by atoms with Crippen LogP contribution in [0, 0.1) is 6.92 Å². The van der Waals surface area contributed by atoms with Crippen LogP contribution in [-0.4, -0.2) is 43.0 Å². The second-order valence-corrected chi connectivity index (χ2v) is 7.01. The number of nitrogens with zero attached hydrogens (tertiary/aromatic N) is 2. The van der Waals surface area contributed by atoms with Crippen molar-refractivity contribution in [3.05, 3.63) is 23.0 Å². The quantitative estimate of drug-likeness (QED) is 0.862. The van der Waals surface area contributed by atoms with Gasteiger partial charge < -0.3 is 4.74 Å². The highest BCUT2D eigenvalue weighted by Gasteiger charge is 2.31. The number of pyridine rings is 1. The van der Waals surface area contributed by atoms with Crippen LogP contribution in [0.5, 0.6) is 0 Å². The number of halogens is 1. The summed E-state index contributed by atoms with van der Waals surface area (Å²) in [6.45, 7) is 6.08. The van der Waals surface area contributed by atoms with Crippen molar-refractivity contribution in [1.82, 2.24) is 9.29 Å². The zero-order valence-electron chi connectivity index (χ0n) is 11.6. The number of hydrogen-bond acceptors (Lipinski definition) is 4. The first-order valence-corrected chi connectivity index (χ1v) is 8.16. The molecule has 1 aliphatic heterocycles. The van der Waals surface area contributed by atoms with E-state index in [2.05, 4.69) is 9.71 Å². The normalized spacial score (nSPS) is 24.6. The number of nitrogens with one attached hydrogen (secondary N) is 1. The molecule has 1 fully saturated rings. The van der Waals surface area contributed by atoms with Crippen LogP contribution in [0.25, 0.3) is 0 Å². The molecule has 1 aromatic rings. The van der Waals surface area contributed by atoms with Crippen molar-refractivity contribution in [2.45, 2.75) is 33.0 Å². The van der Waals surface area contributed by atoms with Crippen molar-refractivity contribution in [3.8, 4) is 0 Å². The molecular weight excluding hydrogens is 302 g/mol. The first-order chi connectivity index (χ1) is 9.28. The Balaban J connectivity index is 2.18. The maximum Gasteiger partial charge on any atom is 0.301 e. The van der Waals surface area contributed by atoms with Gasteiger partial charge in [0, 0.05) is 13.1 Å². The Labute approximate surface area is 124 Å². The fraction of sp³-hybridized carbons (Fsp3) is 0.583. The molecule has 112 valence electrons. The zero-order valence-corrected chi connectivity index (χ0v) is 13.2. The molecule has 20 heavy (non-hydrogen) atoms. The highest BCUT2D eigenvalue weighted by molar-refractivity contribution is 7.90. The van der Waals surface area contributed by atoms with Gasteiger partial charge in [-0.15, -0.1) is 0 Å². The van der Waals surface area contributed by atoms with Gasteiger partial charge in [0.15, 0.2) is 0 Å². The van der Waals surface area contributed by atoms with E-state index in [0.717, 1.165) is 0 Å². The molecule has 1 aliphatic rings. The Morgan fingerprint density at radius 3 is 2.50 bits per heavy atom. The monoisotopic (exact) mass is 319 g/mol. The molecule has 0 aromatic carbocycles. The molecule has 2 rings (SSSR count). The Bertz CT molecular complexity index is 584. The third kappa shape index (κ3) is 3.60. The topological polar surface area (TPSA) is 71.5 Å². The maximum absolute atomic E-state index is 12.4. The number of hydrogen-bond donors (Lipinski definition) is 1. The van der Waals surface area contributed by atoms with Gasteiger partial charge in [-0.2, -0.15) is 12.7 Å². The van der Waals surface area contributed by atoms with Crippen molar-refractivity contribution in [1.29, 1.82) is 0 Å². The van der Waals surface area contributed by atoms with Gasteiger partial charge in [0.2, 0.25) is 0 Å². The van der Waals surface area contributed by atoms with E-state index >= 15 is 0 Å². The molecule has 6 nitrogen and oxygen atoms in total. The van der Waals surface area contributed by atoms with Crippen molar-refractivity contribution in [3.63, 3.8) is 0 Å². The first kappa shape index (κ1) is 15.5. The summed E-state index contributed by atoms with van der Waals surface area (Å²) < 4.78 is 34.2. The minimum Gasteiger partial charge on any atom is -0.373 e. The molecule has 2 unspecified atom stereocenters. The summed E-state index contributed by atoms with van der Waals surface area (Å²) in [7, 11) is -3.62. The molecule has 0 bridgehead atoms. The summed E-state index contributed by atoms with van der Waals surface area (Å²) in [6, 6.07) is 3.16. The minimum absolute atomic E-state index is 0.125. The fourth-order valence-corrected chi connectivity index (χ4v) is 3.79. The molecule has 0 aliphatic carbocycles. The molecule has 1 aromatic heterocycles. The van der Waals surface area contributed by atoms with Crippen molar-refractivity contribution >= 4 is 27.5 Å². The molecule has 8 heteroatoms. The van der Waals surface area contributed by atoms with E-state index in [-0.39, 0.29) is 12.2 Å². The summed E-state index contributed by atoms with van der Waals surface area (Å²) in [5.74, 6) is 0. The minimum atomic E-state index is -3.62. The van der Waals surface area contributed by atoms with Gasteiger partial charge in [-0.05, 0) is 32.9 Å². The smallest absolute Gasteiger partial charge is 0.301 e. The van der Waals surface area contributed by atoms with Crippen molar-refractivity contribution < 1.29 is 13.2 Å². The summed E-state index contributed by atoms with van der Waals surface area (Å²) >= 11 is 5.76. The number of ether oxygens (including phenoxy) is 1. The maximum atomic E-state index is 12.4. The lowest BCUT2D eigenvalue weighted by atomic mass is 10.3. The molecule has 0 saturated carbocycles. The lowest BCUT2D eigenvalue weighted by Gasteiger charge is -2.34. The third-order valence-electron chi connectivity index (χ3n) is 3.02. The molecular formula is C12H18ClN3O3S. The lowest BCUT2D eigenvalue weighted by Crippen LogP contribution is -2.49. The number of rotatable bonds is 3. The van der Waals surface area contributed by atoms with Crippen LogP contribution in [-0.2, 0) is 14.9 Å². The van der Waals surface area contributed by atoms with Gasteiger partial charge in [0.25, 0.3) is 0 Å². The molecule has 0 radical (unpaired) electrons. The predicted molar refractivity (Wildman–Crippen MR) is 78.1 cm³/mol.